The van der Waals surface area contributed by atoms with Gasteiger partial charge in [0.05, 0.1) is 13.2 Å². The molecule has 1 aliphatic heterocycles. The van der Waals surface area contributed by atoms with Gasteiger partial charge in [-0.2, -0.15) is 0 Å². The molecule has 4 rings (SSSR count). The van der Waals surface area contributed by atoms with Crippen LogP contribution in [-0.2, 0) is 4.74 Å². The monoisotopic (exact) mass is 263 g/mol. The van der Waals surface area contributed by atoms with Crippen molar-refractivity contribution in [1.82, 2.24) is 0 Å². The van der Waals surface area contributed by atoms with Gasteiger partial charge in [0.1, 0.15) is 0 Å². The number of benzene rings is 3. The van der Waals surface area contributed by atoms with Gasteiger partial charge >= 0.3 is 0 Å². The molecule has 0 N–H and O–H groups in total. The average Bonchev–Trinajstić information content (AvgIpc) is 2.53. The summed E-state index contributed by atoms with van der Waals surface area (Å²) in [5, 5.41) is 5.23. The van der Waals surface area contributed by atoms with Crippen molar-refractivity contribution in [1.29, 1.82) is 0 Å². The van der Waals surface area contributed by atoms with Gasteiger partial charge in [-0.3, -0.25) is 0 Å². The van der Waals surface area contributed by atoms with Crippen LogP contribution in [-0.4, -0.2) is 26.3 Å². The first-order valence-electron chi connectivity index (χ1n) is 7.15. The lowest BCUT2D eigenvalue weighted by Gasteiger charge is -2.29. The largest absolute Gasteiger partial charge is 0.378 e. The van der Waals surface area contributed by atoms with Crippen molar-refractivity contribution >= 4 is 27.2 Å². The van der Waals surface area contributed by atoms with Crippen molar-refractivity contribution in [3.05, 3.63) is 54.6 Å². The van der Waals surface area contributed by atoms with Gasteiger partial charge in [-0.25, -0.2) is 0 Å². The van der Waals surface area contributed by atoms with Crippen LogP contribution in [0.3, 0.4) is 0 Å². The summed E-state index contributed by atoms with van der Waals surface area (Å²) >= 11 is 0. The number of hydrogen-bond donors (Lipinski definition) is 0. The van der Waals surface area contributed by atoms with E-state index < -0.39 is 0 Å². The lowest BCUT2D eigenvalue weighted by Crippen LogP contribution is -2.36. The zero-order chi connectivity index (χ0) is 13.4. The minimum Gasteiger partial charge on any atom is -0.378 e. The summed E-state index contributed by atoms with van der Waals surface area (Å²) in [6.45, 7) is 3.63. The molecular weight excluding hydrogens is 246 g/mol. The molecule has 2 nitrogen and oxygen atoms in total. The molecule has 3 aromatic carbocycles. The van der Waals surface area contributed by atoms with Gasteiger partial charge in [0.15, 0.2) is 0 Å². The summed E-state index contributed by atoms with van der Waals surface area (Å²) in [6, 6.07) is 19.8. The summed E-state index contributed by atoms with van der Waals surface area (Å²) in [4.78, 5) is 2.40. The molecule has 0 radical (unpaired) electrons. The second-order valence-corrected chi connectivity index (χ2v) is 5.33. The van der Waals surface area contributed by atoms with Crippen LogP contribution in [0, 0.1) is 0 Å². The molecule has 0 aromatic heterocycles. The number of rotatable bonds is 1. The SMILES string of the molecule is c1ccc2cc3cc(N4CCOCC4)ccc3cc2c1. The van der Waals surface area contributed by atoms with E-state index in [1.54, 1.807) is 0 Å². The summed E-state index contributed by atoms with van der Waals surface area (Å²) < 4.78 is 5.42. The minimum atomic E-state index is 0.829. The van der Waals surface area contributed by atoms with E-state index >= 15 is 0 Å². The van der Waals surface area contributed by atoms with E-state index in [1.807, 2.05) is 0 Å². The van der Waals surface area contributed by atoms with Crippen LogP contribution >= 0.6 is 0 Å². The second kappa shape index (κ2) is 4.80. The Hall–Kier alpha value is -2.06. The lowest BCUT2D eigenvalue weighted by molar-refractivity contribution is 0.122. The molecule has 0 spiro atoms. The Morgan fingerprint density at radius 3 is 2.10 bits per heavy atom. The summed E-state index contributed by atoms with van der Waals surface area (Å²) in [6.07, 6.45) is 0. The molecule has 0 aliphatic carbocycles. The molecule has 1 fully saturated rings. The Morgan fingerprint density at radius 2 is 1.35 bits per heavy atom. The maximum atomic E-state index is 5.42. The van der Waals surface area contributed by atoms with Crippen LogP contribution in [0.5, 0.6) is 0 Å². The first kappa shape index (κ1) is 11.7. The van der Waals surface area contributed by atoms with E-state index in [9.17, 15) is 0 Å². The summed E-state index contributed by atoms with van der Waals surface area (Å²) in [7, 11) is 0. The van der Waals surface area contributed by atoms with Crippen LogP contribution in [0.25, 0.3) is 21.5 Å². The molecule has 3 aromatic rings. The maximum Gasteiger partial charge on any atom is 0.0642 e. The van der Waals surface area contributed by atoms with Crippen molar-refractivity contribution in [2.24, 2.45) is 0 Å². The van der Waals surface area contributed by atoms with Gasteiger partial charge in [0, 0.05) is 18.8 Å². The molecule has 1 aliphatic rings. The highest BCUT2D eigenvalue weighted by Gasteiger charge is 2.11. The molecule has 2 heteroatoms. The Morgan fingerprint density at radius 1 is 0.700 bits per heavy atom. The van der Waals surface area contributed by atoms with E-state index in [0.717, 1.165) is 26.3 Å². The Labute approximate surface area is 118 Å². The van der Waals surface area contributed by atoms with Crippen molar-refractivity contribution in [2.75, 3.05) is 31.2 Å². The van der Waals surface area contributed by atoms with Crippen LogP contribution in [0.1, 0.15) is 0 Å². The second-order valence-electron chi connectivity index (χ2n) is 5.33. The van der Waals surface area contributed by atoms with Gasteiger partial charge in [0.25, 0.3) is 0 Å². The van der Waals surface area contributed by atoms with Crippen LogP contribution in [0.2, 0.25) is 0 Å². The van der Waals surface area contributed by atoms with E-state index in [2.05, 4.69) is 59.5 Å². The molecule has 100 valence electrons. The van der Waals surface area contributed by atoms with Crippen molar-refractivity contribution < 1.29 is 4.74 Å². The van der Waals surface area contributed by atoms with Crippen molar-refractivity contribution in [3.8, 4) is 0 Å². The van der Waals surface area contributed by atoms with Crippen molar-refractivity contribution in [2.45, 2.75) is 0 Å². The van der Waals surface area contributed by atoms with Gasteiger partial charge in [0.2, 0.25) is 0 Å². The number of ether oxygens (including phenoxy) is 1. The van der Waals surface area contributed by atoms with E-state index in [1.165, 1.54) is 27.2 Å². The first-order chi connectivity index (χ1) is 9.90. The smallest absolute Gasteiger partial charge is 0.0642 e. The standard InChI is InChI=1S/C18H17NO/c1-2-4-15-12-17-13-18(19-7-9-20-10-8-19)6-5-16(17)11-14(15)3-1/h1-6,11-13H,7-10H2. The van der Waals surface area contributed by atoms with Crippen molar-refractivity contribution in [3.63, 3.8) is 0 Å². The van der Waals surface area contributed by atoms with Gasteiger partial charge in [-0.15, -0.1) is 0 Å². The van der Waals surface area contributed by atoms with Crippen LogP contribution in [0.15, 0.2) is 54.6 Å². The Balaban J connectivity index is 1.83. The zero-order valence-electron chi connectivity index (χ0n) is 11.4. The third kappa shape index (κ3) is 2.02. The predicted octanol–water partition coefficient (Wildman–Crippen LogP) is 3.83. The summed E-state index contributed by atoms with van der Waals surface area (Å²) in [5.74, 6) is 0. The third-order valence-electron chi connectivity index (χ3n) is 4.06. The molecule has 20 heavy (non-hydrogen) atoms. The minimum absolute atomic E-state index is 0.829. The number of morpholine rings is 1. The Bertz CT molecular complexity index is 760. The average molecular weight is 263 g/mol. The lowest BCUT2D eigenvalue weighted by atomic mass is 10.0. The Kier molecular flexibility index (Phi) is 2.82. The van der Waals surface area contributed by atoms with Gasteiger partial charge in [-0.05, 0) is 45.8 Å². The van der Waals surface area contributed by atoms with E-state index in [0.29, 0.717) is 0 Å². The fraction of sp³-hybridized carbons (Fsp3) is 0.222. The fourth-order valence-electron chi connectivity index (χ4n) is 2.95. The quantitative estimate of drug-likeness (QED) is 0.619. The molecule has 0 saturated carbocycles. The molecule has 1 saturated heterocycles. The molecule has 0 bridgehead atoms. The number of fused-ring (bicyclic) bond motifs is 2. The van der Waals surface area contributed by atoms with E-state index in [-0.39, 0.29) is 0 Å². The highest BCUT2D eigenvalue weighted by Crippen LogP contribution is 2.27. The van der Waals surface area contributed by atoms with Gasteiger partial charge in [-0.1, -0.05) is 30.3 Å². The highest BCUT2D eigenvalue weighted by atomic mass is 16.5. The molecule has 0 atom stereocenters. The molecule has 0 amide bonds. The molecule has 1 heterocycles. The first-order valence-corrected chi connectivity index (χ1v) is 7.15. The van der Waals surface area contributed by atoms with Crippen LogP contribution < -0.4 is 4.90 Å². The topological polar surface area (TPSA) is 12.5 Å². The normalized spacial score (nSPS) is 15.9. The predicted molar refractivity (Wildman–Crippen MR) is 84.5 cm³/mol. The number of nitrogens with zero attached hydrogens (tertiary/aromatic N) is 1. The number of anilines is 1. The maximum absolute atomic E-state index is 5.42. The highest BCUT2D eigenvalue weighted by molar-refractivity contribution is 5.99. The third-order valence-corrected chi connectivity index (χ3v) is 4.06. The summed E-state index contributed by atoms with van der Waals surface area (Å²) in [5.41, 5.74) is 1.30. The fourth-order valence-corrected chi connectivity index (χ4v) is 2.95. The van der Waals surface area contributed by atoms with Gasteiger partial charge < -0.3 is 9.64 Å². The molecular formula is C18H17NO. The van der Waals surface area contributed by atoms with Crippen LogP contribution in [0.4, 0.5) is 5.69 Å². The number of hydrogen-bond acceptors (Lipinski definition) is 2. The molecule has 0 unspecified atom stereocenters. The zero-order valence-corrected chi connectivity index (χ0v) is 11.4. The van der Waals surface area contributed by atoms with E-state index in [4.69, 9.17) is 4.74 Å².